The number of nitrogens with one attached hydrogen (secondary N) is 1. The van der Waals surface area contributed by atoms with Crippen LogP contribution in [-0.4, -0.2) is 19.7 Å². The zero-order chi connectivity index (χ0) is 15.2. The van der Waals surface area contributed by atoms with E-state index in [4.69, 9.17) is 9.47 Å². The molecule has 1 heterocycles. The van der Waals surface area contributed by atoms with Gasteiger partial charge in [-0.3, -0.25) is 0 Å². The first-order valence-corrected chi connectivity index (χ1v) is 7.98. The predicted octanol–water partition coefficient (Wildman–Crippen LogP) is 3.43. The summed E-state index contributed by atoms with van der Waals surface area (Å²) in [6.45, 7) is 5.46. The van der Waals surface area contributed by atoms with Crippen LogP contribution in [0.15, 0.2) is 48.5 Å². The van der Waals surface area contributed by atoms with Crippen molar-refractivity contribution in [2.75, 3.05) is 19.7 Å². The normalized spacial score (nSPS) is 14.4. The fraction of sp³-hybridized carbons (Fsp3) is 0.368. The first-order chi connectivity index (χ1) is 10.8. The van der Waals surface area contributed by atoms with Crippen LogP contribution in [0.25, 0.3) is 0 Å². The van der Waals surface area contributed by atoms with E-state index in [-0.39, 0.29) is 0 Å². The molecule has 0 spiro atoms. The Hall–Kier alpha value is -2.00. The van der Waals surface area contributed by atoms with Gasteiger partial charge in [0.2, 0.25) is 0 Å². The second kappa shape index (κ2) is 7.32. The average Bonchev–Trinajstić information content (AvgIpc) is 2.51. The van der Waals surface area contributed by atoms with Gasteiger partial charge in [-0.05, 0) is 55.6 Å². The minimum absolute atomic E-state index is 0.562. The largest absolute Gasteiger partial charge is 0.490 e. The Kier molecular flexibility index (Phi) is 4.96. The summed E-state index contributed by atoms with van der Waals surface area (Å²) in [5, 5.41) is 3.32. The molecule has 0 bridgehead atoms. The Morgan fingerprint density at radius 3 is 2.45 bits per heavy atom. The van der Waals surface area contributed by atoms with Crippen molar-refractivity contribution in [1.82, 2.24) is 5.32 Å². The molecule has 0 saturated carbocycles. The molecule has 0 atom stereocenters. The van der Waals surface area contributed by atoms with E-state index in [1.54, 1.807) is 0 Å². The summed E-state index contributed by atoms with van der Waals surface area (Å²) in [5.74, 6) is 2.43. The van der Waals surface area contributed by atoms with Crippen molar-refractivity contribution in [3.63, 3.8) is 0 Å². The van der Waals surface area contributed by atoms with Crippen molar-refractivity contribution in [2.24, 2.45) is 5.92 Å². The van der Waals surface area contributed by atoms with Crippen LogP contribution in [0, 0.1) is 5.92 Å². The molecule has 1 N–H and O–H groups in total. The van der Waals surface area contributed by atoms with Crippen molar-refractivity contribution < 1.29 is 9.47 Å². The van der Waals surface area contributed by atoms with E-state index in [2.05, 4.69) is 29.6 Å². The zero-order valence-corrected chi connectivity index (χ0v) is 13.0. The summed E-state index contributed by atoms with van der Waals surface area (Å²) >= 11 is 0. The molecule has 0 aromatic heterocycles. The van der Waals surface area contributed by atoms with Gasteiger partial charge < -0.3 is 14.8 Å². The molecule has 3 heteroatoms. The minimum Gasteiger partial charge on any atom is -0.490 e. The van der Waals surface area contributed by atoms with E-state index in [1.165, 1.54) is 5.56 Å². The van der Waals surface area contributed by atoms with E-state index in [9.17, 15) is 0 Å². The van der Waals surface area contributed by atoms with Gasteiger partial charge in [0, 0.05) is 0 Å². The van der Waals surface area contributed by atoms with Crippen LogP contribution in [0.5, 0.6) is 11.5 Å². The fourth-order valence-corrected chi connectivity index (χ4v) is 2.63. The third-order valence-electron chi connectivity index (χ3n) is 3.94. The lowest BCUT2D eigenvalue weighted by Gasteiger charge is -2.27. The van der Waals surface area contributed by atoms with Crippen LogP contribution < -0.4 is 14.8 Å². The minimum atomic E-state index is 0.562. The number of rotatable bonds is 7. The van der Waals surface area contributed by atoms with Gasteiger partial charge in [-0.25, -0.2) is 0 Å². The first-order valence-electron chi connectivity index (χ1n) is 7.98. The summed E-state index contributed by atoms with van der Waals surface area (Å²) in [6, 6.07) is 16.5. The summed E-state index contributed by atoms with van der Waals surface area (Å²) in [4.78, 5) is 0. The molecule has 1 fully saturated rings. The standard InChI is InChI=1S/C19H23NO2/c1-2-21-19-11-16(10-17-12-20-13-17)8-9-18(19)22-14-15-6-4-3-5-7-15/h3-9,11,17,20H,2,10,12-14H2,1H3. The van der Waals surface area contributed by atoms with Crippen LogP contribution >= 0.6 is 0 Å². The van der Waals surface area contributed by atoms with Crippen LogP contribution in [0.1, 0.15) is 18.1 Å². The average molecular weight is 297 g/mol. The summed E-state index contributed by atoms with van der Waals surface area (Å²) in [5.41, 5.74) is 2.48. The fourth-order valence-electron chi connectivity index (χ4n) is 2.63. The maximum atomic E-state index is 5.94. The molecule has 0 amide bonds. The number of benzene rings is 2. The van der Waals surface area contributed by atoms with Gasteiger partial charge in [0.25, 0.3) is 0 Å². The van der Waals surface area contributed by atoms with Crippen LogP contribution in [-0.2, 0) is 13.0 Å². The van der Waals surface area contributed by atoms with E-state index < -0.39 is 0 Å². The monoisotopic (exact) mass is 297 g/mol. The van der Waals surface area contributed by atoms with Crippen molar-refractivity contribution in [3.05, 3.63) is 59.7 Å². The highest BCUT2D eigenvalue weighted by Crippen LogP contribution is 2.30. The van der Waals surface area contributed by atoms with Gasteiger partial charge in [-0.15, -0.1) is 0 Å². The lowest BCUT2D eigenvalue weighted by molar-refractivity contribution is 0.268. The Morgan fingerprint density at radius 2 is 1.77 bits per heavy atom. The maximum Gasteiger partial charge on any atom is 0.161 e. The van der Waals surface area contributed by atoms with E-state index in [0.717, 1.165) is 42.5 Å². The van der Waals surface area contributed by atoms with Crippen molar-refractivity contribution in [2.45, 2.75) is 20.0 Å². The van der Waals surface area contributed by atoms with Gasteiger partial charge >= 0.3 is 0 Å². The molecule has 2 aromatic carbocycles. The lowest BCUT2D eigenvalue weighted by Crippen LogP contribution is -2.43. The Labute approximate surface area is 132 Å². The second-order valence-corrected chi connectivity index (χ2v) is 5.72. The summed E-state index contributed by atoms with van der Waals surface area (Å²) in [7, 11) is 0. The third-order valence-corrected chi connectivity index (χ3v) is 3.94. The molecule has 3 rings (SSSR count). The van der Waals surface area contributed by atoms with Crippen LogP contribution in [0.2, 0.25) is 0 Å². The molecule has 1 aliphatic rings. The highest BCUT2D eigenvalue weighted by atomic mass is 16.5. The second-order valence-electron chi connectivity index (χ2n) is 5.72. The molecule has 1 aliphatic heterocycles. The molecule has 0 radical (unpaired) electrons. The van der Waals surface area contributed by atoms with Gasteiger partial charge in [-0.1, -0.05) is 36.4 Å². The number of hydrogen-bond donors (Lipinski definition) is 1. The van der Waals surface area contributed by atoms with Gasteiger partial charge in [0.05, 0.1) is 6.61 Å². The van der Waals surface area contributed by atoms with Crippen molar-refractivity contribution >= 4 is 0 Å². The summed E-state index contributed by atoms with van der Waals surface area (Å²) < 4.78 is 11.7. The molecule has 3 nitrogen and oxygen atoms in total. The Bertz CT molecular complexity index is 594. The Morgan fingerprint density at radius 1 is 0.955 bits per heavy atom. The van der Waals surface area contributed by atoms with E-state index >= 15 is 0 Å². The SMILES string of the molecule is CCOc1cc(CC2CNC2)ccc1OCc1ccccc1. The molecule has 2 aromatic rings. The molecule has 1 saturated heterocycles. The van der Waals surface area contributed by atoms with Crippen molar-refractivity contribution in [1.29, 1.82) is 0 Å². The highest BCUT2D eigenvalue weighted by molar-refractivity contribution is 5.43. The number of hydrogen-bond acceptors (Lipinski definition) is 3. The predicted molar refractivity (Wildman–Crippen MR) is 88.4 cm³/mol. The molecular weight excluding hydrogens is 274 g/mol. The Balaban J connectivity index is 1.68. The van der Waals surface area contributed by atoms with Crippen LogP contribution in [0.3, 0.4) is 0 Å². The topological polar surface area (TPSA) is 30.5 Å². The molecular formula is C19H23NO2. The lowest BCUT2D eigenvalue weighted by atomic mass is 9.94. The van der Waals surface area contributed by atoms with Gasteiger partial charge in [0.1, 0.15) is 6.61 Å². The van der Waals surface area contributed by atoms with Crippen LogP contribution in [0.4, 0.5) is 0 Å². The van der Waals surface area contributed by atoms with E-state index in [0.29, 0.717) is 13.2 Å². The molecule has 0 aliphatic carbocycles. The maximum absolute atomic E-state index is 5.94. The smallest absolute Gasteiger partial charge is 0.161 e. The van der Waals surface area contributed by atoms with Crippen molar-refractivity contribution in [3.8, 4) is 11.5 Å². The zero-order valence-electron chi connectivity index (χ0n) is 13.0. The number of ether oxygens (including phenoxy) is 2. The molecule has 0 unspecified atom stereocenters. The van der Waals surface area contributed by atoms with Gasteiger partial charge in [-0.2, -0.15) is 0 Å². The third kappa shape index (κ3) is 3.80. The first kappa shape index (κ1) is 14.9. The van der Waals surface area contributed by atoms with E-state index in [1.807, 2.05) is 31.2 Å². The summed E-state index contributed by atoms with van der Waals surface area (Å²) in [6.07, 6.45) is 1.10. The molecule has 22 heavy (non-hydrogen) atoms. The van der Waals surface area contributed by atoms with Gasteiger partial charge in [0.15, 0.2) is 11.5 Å². The highest BCUT2D eigenvalue weighted by Gasteiger charge is 2.18. The molecule has 116 valence electrons. The quantitative estimate of drug-likeness (QED) is 0.849.